The summed E-state index contributed by atoms with van der Waals surface area (Å²) in [5.41, 5.74) is 0.683. The number of aliphatic hydroxyl groups is 1. The van der Waals surface area contributed by atoms with Crippen LogP contribution in [0.25, 0.3) is 0 Å². The highest BCUT2D eigenvalue weighted by molar-refractivity contribution is 8.00. The zero-order valence-electron chi connectivity index (χ0n) is 25.8. The third-order valence-corrected chi connectivity index (χ3v) is 7.59. The number of likely N-dealkylation sites (N-methyl/N-ethyl adjacent to an activating group) is 1. The standard InChI is InChI=1S/C21H29N3O3S.C9H8F3NO.C2H6/c1-5-18(23(4)6-2)20(26)22-17(12-16-10-8-7-9-11-16)19(25)21(27)24-13-15(3)28-14-24;10-9(11,12)8-4-2-1-3-7(8)5-13-6-14;1-2/h5-11,15,17,19,25H,2,12-14H2,1,3-4H3,(H,22,26);1-4,6H,5H2,(H,13,14);1-2H3/b18-5-;;. The highest BCUT2D eigenvalue weighted by Crippen LogP contribution is 2.31. The van der Waals surface area contributed by atoms with Gasteiger partial charge >= 0.3 is 6.18 Å². The SMILES string of the molecule is C=CN(C)/C(=C\C)C(=O)NC(Cc1ccccc1)C(O)C(=O)N1CSC(C)C1.CC.O=CNCc1ccccc1C(F)(F)F. The Morgan fingerprint density at radius 2 is 1.77 bits per heavy atom. The molecule has 0 bridgehead atoms. The van der Waals surface area contributed by atoms with Crippen molar-refractivity contribution in [3.8, 4) is 0 Å². The zero-order valence-corrected chi connectivity index (χ0v) is 26.6. The van der Waals surface area contributed by atoms with E-state index in [9.17, 15) is 32.7 Å². The van der Waals surface area contributed by atoms with Crippen molar-refractivity contribution in [1.29, 1.82) is 0 Å². The Bertz CT molecular complexity index is 1230. The number of allylic oxidation sites excluding steroid dienone is 1. The van der Waals surface area contributed by atoms with E-state index in [-0.39, 0.29) is 23.9 Å². The smallest absolute Gasteiger partial charge is 0.381 e. The van der Waals surface area contributed by atoms with Crippen LogP contribution in [0.1, 0.15) is 44.4 Å². The number of halogens is 3. The number of rotatable bonds is 11. The number of nitrogens with zero attached hydrogens (tertiary/aromatic N) is 2. The molecule has 1 heterocycles. The van der Waals surface area contributed by atoms with Crippen LogP contribution in [0.15, 0.2) is 79.1 Å². The van der Waals surface area contributed by atoms with Crippen LogP contribution in [-0.4, -0.2) is 70.0 Å². The summed E-state index contributed by atoms with van der Waals surface area (Å²) in [5.74, 6) is -0.151. The second kappa shape index (κ2) is 19.5. The number of carbonyl (C=O) groups excluding carboxylic acids is 3. The molecule has 0 spiro atoms. The monoisotopic (exact) mass is 636 g/mol. The van der Waals surface area contributed by atoms with Crippen molar-refractivity contribution in [3.05, 3.63) is 95.8 Å². The minimum Gasteiger partial charge on any atom is -0.381 e. The van der Waals surface area contributed by atoms with Gasteiger partial charge in [-0.15, -0.1) is 11.8 Å². The largest absolute Gasteiger partial charge is 0.416 e. The Hall–Kier alpha value is -3.77. The molecule has 1 saturated heterocycles. The molecule has 12 heteroatoms. The number of aliphatic hydroxyl groups excluding tert-OH is 1. The fourth-order valence-corrected chi connectivity index (χ4v) is 5.15. The summed E-state index contributed by atoms with van der Waals surface area (Å²) in [6.07, 6.45) is -1.77. The number of amides is 3. The quantitative estimate of drug-likeness (QED) is 0.238. The van der Waals surface area contributed by atoms with Gasteiger partial charge in [0.2, 0.25) is 6.41 Å². The van der Waals surface area contributed by atoms with E-state index in [1.54, 1.807) is 41.6 Å². The van der Waals surface area contributed by atoms with Gasteiger partial charge < -0.3 is 25.5 Å². The lowest BCUT2D eigenvalue weighted by Gasteiger charge is -2.28. The predicted octanol–water partition coefficient (Wildman–Crippen LogP) is 4.95. The van der Waals surface area contributed by atoms with Crippen molar-refractivity contribution in [1.82, 2.24) is 20.4 Å². The molecular formula is C32H43F3N4O4S. The van der Waals surface area contributed by atoms with Crippen molar-refractivity contribution < 1.29 is 32.7 Å². The van der Waals surface area contributed by atoms with Gasteiger partial charge in [0.15, 0.2) is 6.10 Å². The van der Waals surface area contributed by atoms with Crippen LogP contribution in [0.4, 0.5) is 13.2 Å². The number of thioether (sulfide) groups is 1. The van der Waals surface area contributed by atoms with Crippen LogP contribution in [0, 0.1) is 0 Å². The van der Waals surface area contributed by atoms with Crippen molar-refractivity contribution in [2.75, 3.05) is 19.5 Å². The second-order valence-corrected chi connectivity index (χ2v) is 10.9. The Labute approximate surface area is 262 Å². The summed E-state index contributed by atoms with van der Waals surface area (Å²) in [5, 5.41) is 16.2. The van der Waals surface area contributed by atoms with Gasteiger partial charge in [0.1, 0.15) is 5.70 Å². The molecule has 1 aliphatic heterocycles. The first-order valence-corrected chi connectivity index (χ1v) is 15.2. The first-order chi connectivity index (χ1) is 20.9. The lowest BCUT2D eigenvalue weighted by atomic mass is 10.00. The molecule has 0 saturated carbocycles. The van der Waals surface area contributed by atoms with E-state index < -0.39 is 23.9 Å². The van der Waals surface area contributed by atoms with Gasteiger partial charge in [0.05, 0.1) is 17.5 Å². The maximum absolute atomic E-state index is 12.8. The number of nitrogens with one attached hydrogen (secondary N) is 2. The van der Waals surface area contributed by atoms with E-state index in [2.05, 4.69) is 24.1 Å². The van der Waals surface area contributed by atoms with Crippen LogP contribution in [-0.2, 0) is 33.5 Å². The average molecular weight is 637 g/mol. The lowest BCUT2D eigenvalue weighted by Crippen LogP contribution is -2.53. The fraction of sp³-hybridized carbons (Fsp3) is 0.406. The first kappa shape index (κ1) is 38.3. The average Bonchev–Trinajstić information content (AvgIpc) is 3.46. The normalized spacial score (nSPS) is 15.8. The molecule has 3 amide bonds. The first-order valence-electron chi connectivity index (χ1n) is 14.2. The number of benzene rings is 2. The molecule has 242 valence electrons. The lowest BCUT2D eigenvalue weighted by molar-refractivity contribution is -0.141. The van der Waals surface area contributed by atoms with Gasteiger partial charge in [0, 0.05) is 25.4 Å². The maximum Gasteiger partial charge on any atom is 0.416 e. The maximum atomic E-state index is 12.8. The van der Waals surface area contributed by atoms with Crippen molar-refractivity contribution in [3.63, 3.8) is 0 Å². The third kappa shape index (κ3) is 12.1. The molecule has 3 unspecified atom stereocenters. The molecule has 8 nitrogen and oxygen atoms in total. The third-order valence-electron chi connectivity index (χ3n) is 6.41. The fourth-order valence-electron chi connectivity index (χ4n) is 4.19. The van der Waals surface area contributed by atoms with Crippen molar-refractivity contribution in [2.45, 2.75) is 64.2 Å². The molecule has 3 atom stereocenters. The van der Waals surface area contributed by atoms with Gasteiger partial charge in [-0.1, -0.05) is 82.0 Å². The molecule has 2 aromatic carbocycles. The Kier molecular flexibility index (Phi) is 17.0. The summed E-state index contributed by atoms with van der Waals surface area (Å²) >= 11 is 1.68. The molecule has 1 fully saturated rings. The topological polar surface area (TPSA) is 102 Å². The van der Waals surface area contributed by atoms with E-state index in [0.717, 1.165) is 11.6 Å². The molecule has 44 heavy (non-hydrogen) atoms. The van der Waals surface area contributed by atoms with Crippen LogP contribution < -0.4 is 10.6 Å². The van der Waals surface area contributed by atoms with E-state index in [1.165, 1.54) is 24.4 Å². The molecule has 0 aromatic heterocycles. The van der Waals surface area contributed by atoms with Gasteiger partial charge in [-0.25, -0.2) is 0 Å². The Balaban J connectivity index is 0.000000507. The van der Waals surface area contributed by atoms with Crippen LogP contribution >= 0.6 is 11.8 Å². The molecule has 0 aliphatic carbocycles. The Morgan fingerprint density at radius 3 is 2.30 bits per heavy atom. The number of hydrogen-bond donors (Lipinski definition) is 3. The Morgan fingerprint density at radius 1 is 1.16 bits per heavy atom. The van der Waals surface area contributed by atoms with E-state index in [1.807, 2.05) is 44.2 Å². The number of carbonyl (C=O) groups is 3. The van der Waals surface area contributed by atoms with Gasteiger partial charge in [-0.3, -0.25) is 14.4 Å². The summed E-state index contributed by atoms with van der Waals surface area (Å²) in [4.78, 5) is 38.8. The number of hydrogen-bond acceptors (Lipinski definition) is 6. The molecule has 1 aliphatic rings. The molecule has 0 radical (unpaired) electrons. The van der Waals surface area contributed by atoms with Gasteiger partial charge in [-0.2, -0.15) is 13.2 Å². The van der Waals surface area contributed by atoms with Gasteiger partial charge in [0.25, 0.3) is 11.8 Å². The highest BCUT2D eigenvalue weighted by atomic mass is 32.2. The number of alkyl halides is 3. The highest BCUT2D eigenvalue weighted by Gasteiger charge is 2.35. The summed E-state index contributed by atoms with van der Waals surface area (Å²) in [7, 11) is 1.72. The summed E-state index contributed by atoms with van der Waals surface area (Å²) < 4.78 is 37.1. The second-order valence-electron chi connectivity index (χ2n) is 9.50. The predicted molar refractivity (Wildman–Crippen MR) is 169 cm³/mol. The summed E-state index contributed by atoms with van der Waals surface area (Å²) in [6.45, 7) is 12.0. The van der Waals surface area contributed by atoms with E-state index >= 15 is 0 Å². The van der Waals surface area contributed by atoms with E-state index in [4.69, 9.17) is 0 Å². The van der Waals surface area contributed by atoms with Crippen LogP contribution in [0.5, 0.6) is 0 Å². The summed E-state index contributed by atoms with van der Waals surface area (Å²) in [6, 6.07) is 13.9. The minimum absolute atomic E-state index is 0.0621. The van der Waals surface area contributed by atoms with Gasteiger partial charge in [-0.05, 0) is 36.7 Å². The van der Waals surface area contributed by atoms with Crippen LogP contribution in [0.2, 0.25) is 0 Å². The minimum atomic E-state index is -4.37. The zero-order chi connectivity index (χ0) is 33.3. The molecule has 3 rings (SSSR count). The van der Waals surface area contributed by atoms with Crippen LogP contribution in [0.3, 0.4) is 0 Å². The van der Waals surface area contributed by atoms with E-state index in [0.29, 0.717) is 36.2 Å². The molecular weight excluding hydrogens is 593 g/mol. The molecule has 3 N–H and O–H groups in total. The molecule has 2 aromatic rings. The van der Waals surface area contributed by atoms with Crippen molar-refractivity contribution in [2.24, 2.45) is 0 Å². The van der Waals surface area contributed by atoms with Crippen molar-refractivity contribution >= 4 is 30.0 Å².